The smallest absolute Gasteiger partial charge is 0.305 e. The lowest BCUT2D eigenvalue weighted by Gasteiger charge is -2.16. The topological polar surface area (TPSA) is 105 Å². The van der Waals surface area contributed by atoms with Gasteiger partial charge in [-0.3, -0.25) is 19.2 Å². The van der Waals surface area contributed by atoms with Gasteiger partial charge in [-0.2, -0.15) is 0 Å². The number of rotatable bonds is 13. The molecule has 8 nitrogen and oxygen atoms in total. The van der Waals surface area contributed by atoms with Gasteiger partial charge in [-0.15, -0.1) is 0 Å². The maximum absolute atomic E-state index is 11.0. The van der Waals surface area contributed by atoms with E-state index in [0.717, 1.165) is 12.1 Å². The molecular formula is C16H30O8Si2. The van der Waals surface area contributed by atoms with Crippen molar-refractivity contribution < 1.29 is 38.1 Å². The lowest BCUT2D eigenvalue weighted by Crippen LogP contribution is -2.23. The first-order valence-electron chi connectivity index (χ1n) is 8.89. The van der Waals surface area contributed by atoms with Crippen molar-refractivity contribution in [3.05, 3.63) is 0 Å². The molecule has 0 aromatic rings. The van der Waals surface area contributed by atoms with Crippen LogP contribution >= 0.6 is 0 Å². The van der Waals surface area contributed by atoms with Crippen molar-refractivity contribution in [2.45, 2.75) is 77.3 Å². The minimum atomic E-state index is -0.775. The molecule has 0 heterocycles. The second kappa shape index (κ2) is 14.5. The molecule has 0 bridgehead atoms. The molecule has 0 rings (SSSR count). The maximum Gasteiger partial charge on any atom is 0.305 e. The molecule has 0 N–H and O–H groups in total. The summed E-state index contributed by atoms with van der Waals surface area (Å²) in [7, 11) is -0.603. The van der Waals surface area contributed by atoms with E-state index < -0.39 is 36.5 Å². The van der Waals surface area contributed by atoms with E-state index in [9.17, 15) is 19.2 Å². The molecule has 0 saturated carbocycles. The van der Waals surface area contributed by atoms with E-state index in [4.69, 9.17) is 18.9 Å². The quantitative estimate of drug-likeness (QED) is 0.190. The van der Waals surface area contributed by atoms with Gasteiger partial charge in [-0.25, -0.2) is 0 Å². The van der Waals surface area contributed by atoms with Crippen molar-refractivity contribution >= 4 is 42.9 Å². The van der Waals surface area contributed by atoms with Gasteiger partial charge in [-0.05, 0) is 0 Å². The zero-order valence-electron chi connectivity index (χ0n) is 16.1. The van der Waals surface area contributed by atoms with Crippen molar-refractivity contribution in [3.8, 4) is 0 Å². The summed E-state index contributed by atoms with van der Waals surface area (Å²) < 4.78 is 19.8. The highest BCUT2D eigenvalue weighted by Gasteiger charge is 2.16. The van der Waals surface area contributed by atoms with Gasteiger partial charge in [0.05, 0.1) is 0 Å². The molecule has 0 aliphatic heterocycles. The molecule has 0 atom stereocenters. The fraction of sp³-hybridized carbons (Fsp3) is 0.750. The molecule has 0 spiro atoms. The summed E-state index contributed by atoms with van der Waals surface area (Å²) in [6.45, 7) is 5.16. The Bertz CT molecular complexity index is 395. The molecule has 0 radical (unpaired) electrons. The molecule has 0 aliphatic rings. The average Bonchev–Trinajstić information content (AvgIpc) is 2.47. The minimum Gasteiger partial charge on any atom is -0.425 e. The molecule has 0 fully saturated rings. The van der Waals surface area contributed by atoms with Gasteiger partial charge >= 0.3 is 23.9 Å². The molecule has 0 saturated heterocycles. The fourth-order valence-electron chi connectivity index (χ4n) is 2.35. The van der Waals surface area contributed by atoms with Crippen LogP contribution in [0.2, 0.25) is 24.2 Å². The van der Waals surface area contributed by atoms with Crippen molar-refractivity contribution in [2.75, 3.05) is 0 Å². The van der Waals surface area contributed by atoms with Crippen molar-refractivity contribution in [1.82, 2.24) is 0 Å². The molecule has 150 valence electrons. The highest BCUT2D eigenvalue weighted by Crippen LogP contribution is 2.10. The maximum atomic E-state index is 11.0. The highest BCUT2D eigenvalue weighted by atomic mass is 28.2. The second-order valence-corrected chi connectivity index (χ2v) is 10.2. The number of ether oxygens (including phenoxy) is 4. The van der Waals surface area contributed by atoms with Crippen LogP contribution < -0.4 is 0 Å². The lowest BCUT2D eigenvalue weighted by molar-refractivity contribution is -0.187. The van der Waals surface area contributed by atoms with Crippen LogP contribution in [-0.4, -0.2) is 55.5 Å². The third-order valence-electron chi connectivity index (χ3n) is 3.32. The molecule has 0 aromatic heterocycles. The first-order valence-corrected chi connectivity index (χ1v) is 12.9. The Morgan fingerprint density at radius 3 is 1.08 bits per heavy atom. The fourth-order valence-corrected chi connectivity index (χ4v) is 7.13. The van der Waals surface area contributed by atoms with Crippen LogP contribution in [-0.2, 0) is 38.1 Å². The third kappa shape index (κ3) is 15.8. The van der Waals surface area contributed by atoms with Gasteiger partial charge < -0.3 is 18.9 Å². The minimum absolute atomic E-state index is 0.301. The van der Waals surface area contributed by atoms with Crippen LogP contribution in [0.15, 0.2) is 0 Å². The van der Waals surface area contributed by atoms with E-state index in [1.165, 1.54) is 39.8 Å². The van der Waals surface area contributed by atoms with Gasteiger partial charge in [0.15, 0.2) is 0 Å². The van der Waals surface area contributed by atoms with Crippen LogP contribution in [0, 0.1) is 0 Å². The van der Waals surface area contributed by atoms with Gasteiger partial charge in [0, 0.05) is 59.6 Å². The first kappa shape index (κ1) is 24.3. The van der Waals surface area contributed by atoms with Crippen molar-refractivity contribution in [1.29, 1.82) is 0 Å². The summed E-state index contributed by atoms with van der Waals surface area (Å²) in [5.41, 5.74) is 0. The van der Waals surface area contributed by atoms with E-state index >= 15 is 0 Å². The van der Waals surface area contributed by atoms with E-state index in [1.807, 2.05) is 0 Å². The summed E-state index contributed by atoms with van der Waals surface area (Å²) >= 11 is 0. The van der Waals surface area contributed by atoms with Gasteiger partial charge in [0.25, 0.3) is 0 Å². The molecule has 0 unspecified atom stereocenters. The third-order valence-corrected chi connectivity index (χ3v) is 8.14. The molecule has 10 heteroatoms. The normalized spacial score (nSPS) is 11.5. The Morgan fingerprint density at radius 2 is 0.846 bits per heavy atom. The Balaban J connectivity index is 3.83. The van der Waals surface area contributed by atoms with E-state index in [1.54, 1.807) is 0 Å². The average molecular weight is 407 g/mol. The predicted molar refractivity (Wildman–Crippen MR) is 100 cm³/mol. The molecule has 0 aromatic carbocycles. The summed E-state index contributed by atoms with van der Waals surface area (Å²) in [5, 5.41) is 0. The molecule has 26 heavy (non-hydrogen) atoms. The number of hydrogen-bond donors (Lipinski definition) is 0. The Kier molecular flexibility index (Phi) is 13.5. The summed E-state index contributed by atoms with van der Waals surface area (Å²) in [6.07, 6.45) is -0.451. The molecule has 0 aliphatic carbocycles. The zero-order valence-corrected chi connectivity index (χ0v) is 18.9. The van der Waals surface area contributed by atoms with Crippen molar-refractivity contribution in [3.63, 3.8) is 0 Å². The number of esters is 4. The summed E-state index contributed by atoms with van der Waals surface area (Å²) in [6, 6.07) is 4.21. The van der Waals surface area contributed by atoms with Gasteiger partial charge in [-0.1, -0.05) is 24.2 Å². The second-order valence-electron chi connectivity index (χ2n) is 6.00. The number of carbonyl (C=O) groups excluding carboxylic acids is 4. The predicted octanol–water partition coefficient (Wildman–Crippen LogP) is 0.682. The number of hydrogen-bond acceptors (Lipinski definition) is 8. The molecule has 0 amide bonds. The number of carbonyl (C=O) groups is 4. The SMILES string of the molecule is CC(=O)OC(CC[SiH2]CC[SiH2]CCC(OC(C)=O)OC(C)=O)OC(C)=O. The highest BCUT2D eigenvalue weighted by molar-refractivity contribution is 6.42. The standard InChI is InChI=1S/C16H30O8Si2/c1-11(17)21-15(22-12(2)18)5-7-25-9-10-26-8-6-16(23-13(3)19)24-14(4)20/h15-16H,5-10,25-26H2,1-4H3. The van der Waals surface area contributed by atoms with Crippen molar-refractivity contribution in [2.24, 2.45) is 0 Å². The van der Waals surface area contributed by atoms with Gasteiger partial charge in [0.1, 0.15) is 0 Å². The largest absolute Gasteiger partial charge is 0.425 e. The van der Waals surface area contributed by atoms with Crippen LogP contribution in [0.5, 0.6) is 0 Å². The first-order chi connectivity index (χ1) is 12.2. The Labute approximate surface area is 158 Å². The monoisotopic (exact) mass is 406 g/mol. The van der Waals surface area contributed by atoms with Crippen LogP contribution in [0.3, 0.4) is 0 Å². The van der Waals surface area contributed by atoms with E-state index in [2.05, 4.69) is 0 Å². The Hall–Kier alpha value is -1.69. The molecular weight excluding hydrogens is 376 g/mol. The van der Waals surface area contributed by atoms with E-state index in [0.29, 0.717) is 12.8 Å². The van der Waals surface area contributed by atoms with E-state index in [-0.39, 0.29) is 19.0 Å². The lowest BCUT2D eigenvalue weighted by atomic mass is 10.4. The zero-order chi connectivity index (χ0) is 19.9. The summed E-state index contributed by atoms with van der Waals surface area (Å²) in [4.78, 5) is 43.9. The summed E-state index contributed by atoms with van der Waals surface area (Å²) in [5.74, 6) is -1.83. The van der Waals surface area contributed by atoms with Crippen LogP contribution in [0.25, 0.3) is 0 Å². The van der Waals surface area contributed by atoms with Gasteiger partial charge in [0.2, 0.25) is 12.6 Å². The Morgan fingerprint density at radius 1 is 0.577 bits per heavy atom. The van der Waals surface area contributed by atoms with Crippen LogP contribution in [0.4, 0.5) is 0 Å². The van der Waals surface area contributed by atoms with Crippen LogP contribution in [0.1, 0.15) is 40.5 Å².